The molecule has 0 unspecified atom stereocenters. The lowest BCUT2D eigenvalue weighted by Gasteiger charge is -2.31. The second-order valence-corrected chi connectivity index (χ2v) is 8.15. The number of rotatable bonds is 2. The van der Waals surface area contributed by atoms with Gasteiger partial charge in [0.25, 0.3) is 5.91 Å². The van der Waals surface area contributed by atoms with Crippen LogP contribution in [0.4, 0.5) is 5.69 Å². The van der Waals surface area contributed by atoms with E-state index in [0.717, 1.165) is 48.7 Å². The fraction of sp³-hybridized carbons (Fsp3) is 0.261. The van der Waals surface area contributed by atoms with Gasteiger partial charge in [-0.1, -0.05) is 41.9 Å². The largest absolute Gasteiger partial charge is 0.373 e. The van der Waals surface area contributed by atoms with Gasteiger partial charge in [-0.2, -0.15) is 0 Å². The molecule has 3 aliphatic rings. The molecule has 1 amide bonds. The van der Waals surface area contributed by atoms with Crippen LogP contribution in [0.1, 0.15) is 11.1 Å². The van der Waals surface area contributed by atoms with Crippen LogP contribution in [0.15, 0.2) is 70.4 Å². The van der Waals surface area contributed by atoms with Crippen molar-refractivity contribution < 1.29 is 4.79 Å². The average Bonchev–Trinajstić information content (AvgIpc) is 2.96. The van der Waals surface area contributed by atoms with Gasteiger partial charge in [0.2, 0.25) is 0 Å². The number of likely N-dealkylation sites (N-methyl/N-ethyl adjacent to an activating group) is 1. The van der Waals surface area contributed by atoms with E-state index in [1.54, 1.807) is 11.0 Å². The zero-order valence-corrected chi connectivity index (χ0v) is 17.5. The minimum Gasteiger partial charge on any atom is -0.373 e. The molecule has 5 rings (SSSR count). The number of aliphatic imine (C=N–C) groups is 2. The van der Waals surface area contributed by atoms with Crippen molar-refractivity contribution in [3.8, 4) is 0 Å². The predicted octanol–water partition coefficient (Wildman–Crippen LogP) is 3.02. The lowest BCUT2D eigenvalue weighted by Crippen LogP contribution is -2.42. The molecule has 0 atom stereocenters. The van der Waals surface area contributed by atoms with Crippen LogP contribution in [0.5, 0.6) is 0 Å². The first-order chi connectivity index (χ1) is 14.6. The first-order valence-corrected chi connectivity index (χ1v) is 10.4. The molecular weight excluding hydrogens is 398 g/mol. The van der Waals surface area contributed by atoms with Gasteiger partial charge in [-0.05, 0) is 25.2 Å². The Labute approximate surface area is 180 Å². The van der Waals surface area contributed by atoms with Crippen molar-refractivity contribution in [1.29, 1.82) is 0 Å². The summed E-state index contributed by atoms with van der Waals surface area (Å²) in [6, 6.07) is 15.5. The second kappa shape index (κ2) is 7.70. The maximum absolute atomic E-state index is 13.3. The zero-order valence-electron chi connectivity index (χ0n) is 16.8. The number of halogens is 1. The molecule has 1 saturated heterocycles. The molecule has 0 bridgehead atoms. The topological polar surface area (TPSA) is 51.5 Å². The number of anilines is 1. The maximum atomic E-state index is 13.3. The highest BCUT2D eigenvalue weighted by Gasteiger charge is 2.36. The minimum absolute atomic E-state index is 0.114. The molecule has 1 fully saturated rings. The lowest BCUT2D eigenvalue weighted by molar-refractivity contribution is -0.114. The van der Waals surface area contributed by atoms with Crippen molar-refractivity contribution in [1.82, 2.24) is 9.80 Å². The molecule has 3 aliphatic heterocycles. The minimum atomic E-state index is -0.114. The van der Waals surface area contributed by atoms with E-state index in [2.05, 4.69) is 21.8 Å². The van der Waals surface area contributed by atoms with E-state index >= 15 is 0 Å². The van der Waals surface area contributed by atoms with Crippen LogP contribution in [0.3, 0.4) is 0 Å². The van der Waals surface area contributed by atoms with Crippen molar-refractivity contribution >= 4 is 34.7 Å². The molecule has 0 radical (unpaired) electrons. The van der Waals surface area contributed by atoms with Gasteiger partial charge in [-0.15, -0.1) is 0 Å². The van der Waals surface area contributed by atoms with Crippen molar-refractivity contribution in [2.75, 3.05) is 44.7 Å². The molecule has 30 heavy (non-hydrogen) atoms. The highest BCUT2D eigenvalue weighted by molar-refractivity contribution is 6.34. The third kappa shape index (κ3) is 3.42. The van der Waals surface area contributed by atoms with Gasteiger partial charge >= 0.3 is 0 Å². The molecular formula is C23H22ClN5O. The van der Waals surface area contributed by atoms with Crippen LogP contribution in [0.2, 0.25) is 5.02 Å². The van der Waals surface area contributed by atoms with Gasteiger partial charge in [0.1, 0.15) is 11.5 Å². The van der Waals surface area contributed by atoms with Gasteiger partial charge in [0, 0.05) is 48.5 Å². The van der Waals surface area contributed by atoms with E-state index in [-0.39, 0.29) is 5.91 Å². The van der Waals surface area contributed by atoms with Crippen molar-refractivity contribution in [2.45, 2.75) is 0 Å². The third-order valence-electron chi connectivity index (χ3n) is 5.65. The SMILES string of the molecule is CN1CCN(C=C2N=C3CN=C(c4ccccc4)c4cc(Cl)ccc4N3C2=O)CC1. The summed E-state index contributed by atoms with van der Waals surface area (Å²) in [6.07, 6.45) is 1.90. The summed E-state index contributed by atoms with van der Waals surface area (Å²) in [5.74, 6) is 0.534. The Morgan fingerprint density at radius 1 is 1.03 bits per heavy atom. The molecule has 0 spiro atoms. The van der Waals surface area contributed by atoms with Gasteiger partial charge < -0.3 is 9.80 Å². The Morgan fingerprint density at radius 3 is 2.57 bits per heavy atom. The molecule has 152 valence electrons. The van der Waals surface area contributed by atoms with E-state index in [0.29, 0.717) is 23.1 Å². The molecule has 6 nitrogen and oxygen atoms in total. The van der Waals surface area contributed by atoms with Crippen LogP contribution >= 0.6 is 11.6 Å². The number of nitrogens with zero attached hydrogens (tertiary/aromatic N) is 5. The van der Waals surface area contributed by atoms with E-state index in [1.165, 1.54) is 0 Å². The van der Waals surface area contributed by atoms with Crippen LogP contribution in [-0.2, 0) is 4.79 Å². The fourth-order valence-corrected chi connectivity index (χ4v) is 4.17. The van der Waals surface area contributed by atoms with Gasteiger partial charge in [-0.3, -0.25) is 14.7 Å². The number of piperazine rings is 1. The van der Waals surface area contributed by atoms with Crippen molar-refractivity contribution in [2.24, 2.45) is 9.98 Å². The van der Waals surface area contributed by atoms with Crippen LogP contribution in [0.25, 0.3) is 0 Å². The number of fused-ring (bicyclic) bond motifs is 3. The van der Waals surface area contributed by atoms with Gasteiger partial charge in [0.05, 0.1) is 17.9 Å². The molecule has 0 N–H and O–H groups in total. The number of carbonyl (C=O) groups excluding carboxylic acids is 1. The van der Waals surface area contributed by atoms with E-state index in [4.69, 9.17) is 16.6 Å². The monoisotopic (exact) mass is 419 g/mol. The summed E-state index contributed by atoms with van der Waals surface area (Å²) < 4.78 is 0. The Hall–Kier alpha value is -2.96. The highest BCUT2D eigenvalue weighted by Crippen LogP contribution is 2.33. The second-order valence-electron chi connectivity index (χ2n) is 7.71. The fourth-order valence-electron chi connectivity index (χ4n) is 4.00. The summed E-state index contributed by atoms with van der Waals surface area (Å²) in [4.78, 5) is 29.0. The van der Waals surface area contributed by atoms with E-state index in [9.17, 15) is 4.79 Å². The zero-order chi connectivity index (χ0) is 20.7. The summed E-state index contributed by atoms with van der Waals surface area (Å²) in [5, 5.41) is 0.609. The summed E-state index contributed by atoms with van der Waals surface area (Å²) in [6.45, 7) is 4.07. The molecule has 0 saturated carbocycles. The average molecular weight is 420 g/mol. The number of benzene rings is 2. The predicted molar refractivity (Wildman–Crippen MR) is 120 cm³/mol. The van der Waals surface area contributed by atoms with Crippen molar-refractivity contribution in [3.63, 3.8) is 0 Å². The standard InChI is InChI=1S/C23H22ClN5O/c1-27-9-11-28(12-10-27)15-19-23(30)29-20-8-7-17(24)13-18(20)22(25-14-21(29)26-19)16-5-3-2-4-6-16/h2-8,13,15H,9-12,14H2,1H3. The van der Waals surface area contributed by atoms with Gasteiger partial charge in [-0.25, -0.2) is 4.99 Å². The lowest BCUT2D eigenvalue weighted by atomic mass is 10.00. The molecule has 2 aromatic rings. The molecule has 3 heterocycles. The third-order valence-corrected chi connectivity index (χ3v) is 5.89. The molecule has 0 aliphatic carbocycles. The number of carbonyl (C=O) groups is 1. The number of hydrogen-bond donors (Lipinski definition) is 0. The smallest absolute Gasteiger partial charge is 0.284 e. The number of amides is 1. The number of hydrogen-bond acceptors (Lipinski definition) is 5. The first kappa shape index (κ1) is 19.0. The molecule has 2 aromatic carbocycles. The summed E-state index contributed by atoms with van der Waals surface area (Å²) in [7, 11) is 2.11. The van der Waals surface area contributed by atoms with Crippen LogP contribution in [0, 0.1) is 0 Å². The Kier molecular flexibility index (Phi) is 4.89. The number of amidine groups is 1. The van der Waals surface area contributed by atoms with Crippen molar-refractivity contribution in [3.05, 3.63) is 76.6 Å². The highest BCUT2D eigenvalue weighted by atomic mass is 35.5. The van der Waals surface area contributed by atoms with E-state index in [1.807, 2.05) is 48.7 Å². The van der Waals surface area contributed by atoms with Crippen LogP contribution < -0.4 is 4.90 Å². The molecule has 0 aromatic heterocycles. The summed E-state index contributed by atoms with van der Waals surface area (Å²) in [5.41, 5.74) is 3.89. The van der Waals surface area contributed by atoms with E-state index < -0.39 is 0 Å². The maximum Gasteiger partial charge on any atom is 0.284 e. The molecule has 7 heteroatoms. The van der Waals surface area contributed by atoms with Gasteiger partial charge in [0.15, 0.2) is 0 Å². The Balaban J connectivity index is 1.56. The summed E-state index contributed by atoms with van der Waals surface area (Å²) >= 11 is 6.32. The normalized spacial score (nSPS) is 20.6. The Bertz CT molecular complexity index is 1080. The first-order valence-electron chi connectivity index (χ1n) is 10.1. The quantitative estimate of drug-likeness (QED) is 0.703. The Morgan fingerprint density at radius 2 is 1.80 bits per heavy atom. The van der Waals surface area contributed by atoms with Crippen LogP contribution in [-0.4, -0.2) is 67.0 Å².